The molecule has 1 aliphatic carbocycles. The predicted octanol–water partition coefficient (Wildman–Crippen LogP) is 3.27. The summed E-state index contributed by atoms with van der Waals surface area (Å²) in [7, 11) is 3.82. The Balaban J connectivity index is 2.00. The average molecular weight is 315 g/mol. The van der Waals surface area contributed by atoms with Gasteiger partial charge in [0.15, 0.2) is 0 Å². The number of benzene rings is 1. The quantitative estimate of drug-likeness (QED) is 0.803. The van der Waals surface area contributed by atoms with Gasteiger partial charge in [-0.05, 0) is 55.2 Å². The standard InChI is InChI=1S/C19H25NO3/c1-14(21)23-18-8-7-16-13-20(2)10-9-19(16,12-18)15-5-4-6-17(11-15)22-3/h4-6,11,13,18H,7-10,12H2,1-3H3. The molecular weight excluding hydrogens is 290 g/mol. The summed E-state index contributed by atoms with van der Waals surface area (Å²) in [5, 5.41) is 0. The molecule has 0 N–H and O–H groups in total. The normalized spacial score (nSPS) is 27.0. The van der Waals surface area contributed by atoms with Crippen LogP contribution in [0.1, 0.15) is 38.2 Å². The van der Waals surface area contributed by atoms with Gasteiger partial charge in [0.25, 0.3) is 0 Å². The van der Waals surface area contributed by atoms with Crippen LogP contribution in [-0.4, -0.2) is 37.7 Å². The third kappa shape index (κ3) is 3.07. The highest BCUT2D eigenvalue weighted by Crippen LogP contribution is 2.49. The van der Waals surface area contributed by atoms with E-state index >= 15 is 0 Å². The topological polar surface area (TPSA) is 38.8 Å². The fraction of sp³-hybridized carbons (Fsp3) is 0.526. The molecule has 1 heterocycles. The summed E-state index contributed by atoms with van der Waals surface area (Å²) in [6, 6.07) is 8.34. The lowest BCUT2D eigenvalue weighted by Gasteiger charge is -2.47. The summed E-state index contributed by atoms with van der Waals surface area (Å²) in [5.41, 5.74) is 2.68. The van der Waals surface area contributed by atoms with Gasteiger partial charge in [0.1, 0.15) is 11.9 Å². The van der Waals surface area contributed by atoms with Crippen LogP contribution in [0.2, 0.25) is 0 Å². The van der Waals surface area contributed by atoms with Crippen LogP contribution in [0.4, 0.5) is 0 Å². The van der Waals surface area contributed by atoms with Crippen molar-refractivity contribution in [2.24, 2.45) is 0 Å². The molecule has 0 bridgehead atoms. The Morgan fingerprint density at radius 2 is 2.22 bits per heavy atom. The van der Waals surface area contributed by atoms with Gasteiger partial charge in [-0.1, -0.05) is 12.1 Å². The van der Waals surface area contributed by atoms with E-state index in [9.17, 15) is 4.79 Å². The largest absolute Gasteiger partial charge is 0.497 e. The Hall–Kier alpha value is -1.97. The molecule has 0 spiro atoms. The second-order valence-electron chi connectivity index (χ2n) is 6.67. The van der Waals surface area contributed by atoms with E-state index in [0.717, 1.165) is 38.0 Å². The van der Waals surface area contributed by atoms with Gasteiger partial charge in [-0.15, -0.1) is 0 Å². The van der Waals surface area contributed by atoms with Crippen molar-refractivity contribution in [1.82, 2.24) is 4.90 Å². The van der Waals surface area contributed by atoms with Crippen molar-refractivity contribution in [2.75, 3.05) is 20.7 Å². The lowest BCUT2D eigenvalue weighted by Crippen LogP contribution is -2.44. The molecule has 2 aliphatic rings. The van der Waals surface area contributed by atoms with Gasteiger partial charge in [-0.25, -0.2) is 0 Å². The highest BCUT2D eigenvalue weighted by atomic mass is 16.5. The van der Waals surface area contributed by atoms with Crippen molar-refractivity contribution in [1.29, 1.82) is 0 Å². The zero-order valence-corrected chi connectivity index (χ0v) is 14.2. The van der Waals surface area contributed by atoms with E-state index < -0.39 is 0 Å². The SMILES string of the molecule is COc1cccc(C23CCN(C)C=C2CCC(OC(C)=O)C3)c1. The average Bonchev–Trinajstić information content (AvgIpc) is 2.54. The van der Waals surface area contributed by atoms with E-state index in [0.29, 0.717) is 0 Å². The third-order valence-electron chi connectivity index (χ3n) is 5.15. The van der Waals surface area contributed by atoms with E-state index in [2.05, 4.69) is 30.3 Å². The smallest absolute Gasteiger partial charge is 0.302 e. The van der Waals surface area contributed by atoms with E-state index in [1.54, 1.807) is 7.11 Å². The fourth-order valence-electron chi connectivity index (χ4n) is 4.03. The van der Waals surface area contributed by atoms with E-state index in [1.165, 1.54) is 18.1 Å². The molecular formula is C19H25NO3. The first-order valence-corrected chi connectivity index (χ1v) is 8.27. The maximum atomic E-state index is 11.4. The van der Waals surface area contributed by atoms with Gasteiger partial charge in [-0.3, -0.25) is 4.79 Å². The second-order valence-corrected chi connectivity index (χ2v) is 6.67. The highest BCUT2D eigenvalue weighted by molar-refractivity contribution is 5.66. The molecule has 3 rings (SSSR count). The Labute approximate surface area is 138 Å². The maximum absolute atomic E-state index is 11.4. The van der Waals surface area contributed by atoms with Crippen LogP contribution in [0.3, 0.4) is 0 Å². The van der Waals surface area contributed by atoms with Crippen LogP contribution < -0.4 is 4.74 Å². The molecule has 4 heteroatoms. The molecule has 2 unspecified atom stereocenters. The van der Waals surface area contributed by atoms with Gasteiger partial charge in [0.2, 0.25) is 0 Å². The molecule has 1 aromatic rings. The summed E-state index contributed by atoms with van der Waals surface area (Å²) in [6.45, 7) is 2.51. The summed E-state index contributed by atoms with van der Waals surface area (Å²) >= 11 is 0. The molecule has 1 saturated carbocycles. The number of esters is 1. The summed E-state index contributed by atoms with van der Waals surface area (Å²) in [6.07, 6.45) is 6.07. The van der Waals surface area contributed by atoms with Gasteiger partial charge in [0, 0.05) is 25.9 Å². The van der Waals surface area contributed by atoms with Gasteiger partial charge in [0.05, 0.1) is 7.11 Å². The minimum absolute atomic E-state index is 0.000688. The first-order valence-electron chi connectivity index (χ1n) is 8.27. The summed E-state index contributed by atoms with van der Waals surface area (Å²) < 4.78 is 11.0. The molecule has 0 aromatic heterocycles. The Morgan fingerprint density at radius 1 is 1.39 bits per heavy atom. The van der Waals surface area contributed by atoms with Crippen molar-refractivity contribution < 1.29 is 14.3 Å². The van der Waals surface area contributed by atoms with Crippen molar-refractivity contribution in [3.05, 3.63) is 41.6 Å². The number of methoxy groups -OCH3 is 1. The third-order valence-corrected chi connectivity index (χ3v) is 5.15. The van der Waals surface area contributed by atoms with Crippen LogP contribution in [0, 0.1) is 0 Å². The molecule has 0 amide bonds. The molecule has 23 heavy (non-hydrogen) atoms. The lowest BCUT2D eigenvalue weighted by atomic mass is 9.62. The second kappa shape index (κ2) is 6.26. The molecule has 124 valence electrons. The number of allylic oxidation sites excluding steroid dienone is 1. The number of carbonyl (C=O) groups is 1. The summed E-state index contributed by atoms with van der Waals surface area (Å²) in [4.78, 5) is 13.7. The number of fused-ring (bicyclic) bond motifs is 1. The first kappa shape index (κ1) is 15.9. The van der Waals surface area contributed by atoms with Crippen LogP contribution in [0.5, 0.6) is 5.75 Å². The van der Waals surface area contributed by atoms with E-state index in [-0.39, 0.29) is 17.5 Å². The molecule has 1 aliphatic heterocycles. The van der Waals surface area contributed by atoms with Crippen molar-refractivity contribution in [3.63, 3.8) is 0 Å². The number of nitrogens with zero attached hydrogens (tertiary/aromatic N) is 1. The Kier molecular flexibility index (Phi) is 4.33. The summed E-state index contributed by atoms with van der Waals surface area (Å²) in [5.74, 6) is 0.695. The van der Waals surface area contributed by atoms with Crippen molar-refractivity contribution >= 4 is 5.97 Å². The van der Waals surface area contributed by atoms with E-state index in [1.807, 2.05) is 12.1 Å². The minimum Gasteiger partial charge on any atom is -0.497 e. The van der Waals surface area contributed by atoms with Gasteiger partial charge < -0.3 is 14.4 Å². The zero-order chi connectivity index (χ0) is 16.4. The number of carbonyl (C=O) groups excluding carboxylic acids is 1. The Morgan fingerprint density at radius 3 is 2.96 bits per heavy atom. The van der Waals surface area contributed by atoms with Gasteiger partial charge >= 0.3 is 5.97 Å². The zero-order valence-electron chi connectivity index (χ0n) is 14.2. The molecule has 0 radical (unpaired) electrons. The Bertz CT molecular complexity index is 625. The molecule has 4 nitrogen and oxygen atoms in total. The first-order chi connectivity index (χ1) is 11.0. The molecule has 2 atom stereocenters. The van der Waals surface area contributed by atoms with Crippen LogP contribution >= 0.6 is 0 Å². The van der Waals surface area contributed by atoms with Crippen molar-refractivity contribution in [3.8, 4) is 5.75 Å². The van der Waals surface area contributed by atoms with Crippen molar-refractivity contribution in [2.45, 2.75) is 44.1 Å². The van der Waals surface area contributed by atoms with Crippen LogP contribution in [0.15, 0.2) is 36.0 Å². The van der Waals surface area contributed by atoms with Gasteiger partial charge in [-0.2, -0.15) is 0 Å². The van der Waals surface area contributed by atoms with E-state index in [4.69, 9.17) is 9.47 Å². The number of rotatable bonds is 3. The predicted molar refractivity (Wildman–Crippen MR) is 89.4 cm³/mol. The maximum Gasteiger partial charge on any atom is 0.302 e. The monoisotopic (exact) mass is 315 g/mol. The fourth-order valence-corrected chi connectivity index (χ4v) is 4.03. The number of hydrogen-bond acceptors (Lipinski definition) is 4. The highest BCUT2D eigenvalue weighted by Gasteiger charge is 2.44. The number of hydrogen-bond donors (Lipinski definition) is 0. The lowest BCUT2D eigenvalue weighted by molar-refractivity contribution is -0.148. The van der Waals surface area contributed by atoms with Crippen LogP contribution in [0.25, 0.3) is 0 Å². The molecule has 1 fully saturated rings. The minimum atomic E-state index is -0.184. The molecule has 1 aromatic carbocycles. The van der Waals surface area contributed by atoms with Crippen LogP contribution in [-0.2, 0) is 14.9 Å². The number of ether oxygens (including phenoxy) is 2. The molecule has 0 saturated heterocycles.